The van der Waals surface area contributed by atoms with Gasteiger partial charge in [0.25, 0.3) is 0 Å². The van der Waals surface area contributed by atoms with Gasteiger partial charge in [-0.05, 0) is 42.7 Å². The highest BCUT2D eigenvalue weighted by Gasteiger charge is 2.41. The summed E-state index contributed by atoms with van der Waals surface area (Å²) in [5.74, 6) is 1.07. The molecule has 29 heavy (non-hydrogen) atoms. The quantitative estimate of drug-likeness (QED) is 0.378. The lowest BCUT2D eigenvalue weighted by molar-refractivity contribution is -0.0212. The molecule has 1 aliphatic carbocycles. The molecule has 2 saturated heterocycles. The third-order valence-electron chi connectivity index (χ3n) is 6.79. The van der Waals surface area contributed by atoms with Gasteiger partial charge in [-0.25, -0.2) is 0 Å². The Morgan fingerprint density at radius 3 is 2.76 bits per heavy atom. The second-order valence-corrected chi connectivity index (χ2v) is 9.02. The minimum atomic E-state index is 0. The van der Waals surface area contributed by atoms with Gasteiger partial charge in [-0.3, -0.25) is 9.89 Å². The van der Waals surface area contributed by atoms with Crippen molar-refractivity contribution in [3.05, 3.63) is 35.4 Å². The molecule has 2 aliphatic heterocycles. The summed E-state index contributed by atoms with van der Waals surface area (Å²) in [5.41, 5.74) is 3.29. The van der Waals surface area contributed by atoms with Gasteiger partial charge >= 0.3 is 0 Å². The van der Waals surface area contributed by atoms with Crippen molar-refractivity contribution in [2.24, 2.45) is 10.4 Å². The van der Waals surface area contributed by atoms with Crippen molar-refractivity contribution in [1.82, 2.24) is 15.1 Å². The number of nitrogens with one attached hydrogen (secondary N) is 1. The van der Waals surface area contributed by atoms with E-state index < -0.39 is 0 Å². The molecule has 162 valence electrons. The molecular formula is C23H37IN4O. The number of morpholine rings is 1. The average molecular weight is 512 g/mol. The molecule has 1 unspecified atom stereocenters. The Bertz CT molecular complexity index is 689. The van der Waals surface area contributed by atoms with Crippen molar-refractivity contribution in [2.45, 2.75) is 58.2 Å². The van der Waals surface area contributed by atoms with Gasteiger partial charge in [-0.15, -0.1) is 24.0 Å². The summed E-state index contributed by atoms with van der Waals surface area (Å²) in [6.07, 6.45) is 7.31. The first kappa shape index (κ1) is 22.8. The van der Waals surface area contributed by atoms with Crippen molar-refractivity contribution in [2.75, 3.05) is 39.8 Å². The van der Waals surface area contributed by atoms with Crippen molar-refractivity contribution >= 4 is 29.9 Å². The van der Waals surface area contributed by atoms with Crippen LogP contribution in [0.4, 0.5) is 0 Å². The number of ether oxygens (including phenoxy) is 1. The lowest BCUT2D eigenvalue weighted by Crippen LogP contribution is -2.41. The van der Waals surface area contributed by atoms with E-state index in [1.54, 1.807) is 0 Å². The normalized spacial score (nSPS) is 24.7. The molecule has 3 fully saturated rings. The minimum Gasteiger partial charge on any atom is -0.376 e. The molecule has 2 heterocycles. The fourth-order valence-electron chi connectivity index (χ4n) is 5.29. The van der Waals surface area contributed by atoms with Gasteiger partial charge in [0.05, 0.1) is 12.7 Å². The number of rotatable bonds is 4. The van der Waals surface area contributed by atoms with Crippen LogP contribution in [0.15, 0.2) is 29.3 Å². The van der Waals surface area contributed by atoms with Gasteiger partial charge in [-0.2, -0.15) is 0 Å². The average Bonchev–Trinajstić information content (AvgIpc) is 3.33. The van der Waals surface area contributed by atoms with E-state index in [0.29, 0.717) is 11.5 Å². The summed E-state index contributed by atoms with van der Waals surface area (Å²) in [4.78, 5) is 9.54. The Labute approximate surface area is 193 Å². The molecular weight excluding hydrogens is 475 g/mol. The lowest BCUT2D eigenvalue weighted by Gasteiger charge is -2.31. The van der Waals surface area contributed by atoms with E-state index in [9.17, 15) is 0 Å². The number of aliphatic imine (C=N–C) groups is 1. The number of guanidine groups is 1. The predicted octanol–water partition coefficient (Wildman–Crippen LogP) is 3.87. The maximum Gasteiger partial charge on any atom is 0.193 e. The van der Waals surface area contributed by atoms with E-state index in [4.69, 9.17) is 4.74 Å². The third-order valence-corrected chi connectivity index (χ3v) is 6.79. The Morgan fingerprint density at radius 2 is 2.00 bits per heavy atom. The van der Waals surface area contributed by atoms with Crippen LogP contribution in [0, 0.1) is 5.41 Å². The van der Waals surface area contributed by atoms with Crippen LogP contribution in [0.25, 0.3) is 0 Å². The van der Waals surface area contributed by atoms with Gasteiger partial charge in [0.15, 0.2) is 5.96 Å². The van der Waals surface area contributed by atoms with Crippen LogP contribution < -0.4 is 5.32 Å². The fourth-order valence-corrected chi connectivity index (χ4v) is 5.29. The molecule has 0 aromatic heterocycles. The number of hydrogen-bond donors (Lipinski definition) is 1. The van der Waals surface area contributed by atoms with E-state index in [1.807, 2.05) is 7.05 Å². The highest BCUT2D eigenvalue weighted by Crippen LogP contribution is 2.45. The molecule has 6 heteroatoms. The second-order valence-electron chi connectivity index (χ2n) is 9.02. The van der Waals surface area contributed by atoms with E-state index in [2.05, 4.69) is 51.3 Å². The Morgan fingerprint density at radius 1 is 1.21 bits per heavy atom. The zero-order chi connectivity index (χ0) is 19.4. The summed E-state index contributed by atoms with van der Waals surface area (Å²) in [6, 6.07) is 8.97. The number of halogens is 1. The van der Waals surface area contributed by atoms with E-state index in [1.165, 1.54) is 49.8 Å². The first-order valence-electron chi connectivity index (χ1n) is 11.0. The molecule has 1 aromatic rings. The minimum absolute atomic E-state index is 0. The summed E-state index contributed by atoms with van der Waals surface area (Å²) in [6.45, 7) is 9.22. The number of hydrogen-bond acceptors (Lipinski definition) is 3. The van der Waals surface area contributed by atoms with Gasteiger partial charge in [0, 0.05) is 46.3 Å². The van der Waals surface area contributed by atoms with E-state index >= 15 is 0 Å². The summed E-state index contributed by atoms with van der Waals surface area (Å²) in [7, 11) is 1.91. The molecule has 1 spiro atoms. The van der Waals surface area contributed by atoms with Crippen LogP contribution in [0.1, 0.15) is 50.2 Å². The molecule has 1 saturated carbocycles. The third kappa shape index (κ3) is 5.85. The molecule has 5 nitrogen and oxygen atoms in total. The fraction of sp³-hybridized carbons (Fsp3) is 0.696. The van der Waals surface area contributed by atoms with Crippen LogP contribution in [-0.2, 0) is 17.8 Å². The smallest absolute Gasteiger partial charge is 0.193 e. The summed E-state index contributed by atoms with van der Waals surface area (Å²) in [5, 5.41) is 3.61. The van der Waals surface area contributed by atoms with Crippen LogP contribution in [-0.4, -0.2) is 61.7 Å². The molecule has 1 aromatic carbocycles. The number of nitrogens with zero attached hydrogens (tertiary/aromatic N) is 3. The first-order valence-corrected chi connectivity index (χ1v) is 11.0. The Kier molecular flexibility index (Phi) is 8.22. The summed E-state index contributed by atoms with van der Waals surface area (Å²) >= 11 is 0. The van der Waals surface area contributed by atoms with E-state index in [0.717, 1.165) is 45.3 Å². The monoisotopic (exact) mass is 512 g/mol. The van der Waals surface area contributed by atoms with Crippen molar-refractivity contribution < 1.29 is 4.74 Å². The van der Waals surface area contributed by atoms with Crippen LogP contribution in [0.2, 0.25) is 0 Å². The molecule has 0 bridgehead atoms. The van der Waals surface area contributed by atoms with Crippen molar-refractivity contribution in [3.8, 4) is 0 Å². The molecule has 4 rings (SSSR count). The van der Waals surface area contributed by atoms with Gasteiger partial charge in [-0.1, -0.05) is 37.1 Å². The maximum absolute atomic E-state index is 5.66. The largest absolute Gasteiger partial charge is 0.376 e. The first-order chi connectivity index (χ1) is 13.7. The SMILES string of the molecule is CN=C(NCc1cccc(CN2CCOC(C)C2)c1)N1CCC2(CCCC2)C1.I. The highest BCUT2D eigenvalue weighted by molar-refractivity contribution is 14.0. The molecule has 0 radical (unpaired) electrons. The van der Waals surface area contributed by atoms with Crippen molar-refractivity contribution in [1.29, 1.82) is 0 Å². The topological polar surface area (TPSA) is 40.1 Å². The van der Waals surface area contributed by atoms with Crippen LogP contribution in [0.3, 0.4) is 0 Å². The molecule has 3 aliphatic rings. The van der Waals surface area contributed by atoms with Crippen molar-refractivity contribution in [3.63, 3.8) is 0 Å². The number of benzene rings is 1. The second kappa shape index (κ2) is 10.4. The lowest BCUT2D eigenvalue weighted by atomic mass is 9.86. The number of likely N-dealkylation sites (tertiary alicyclic amines) is 1. The standard InChI is InChI=1S/C23H36N4O.HI/c1-19-16-26(12-13-28-19)17-21-7-5-6-20(14-21)15-25-22(24-2)27-11-10-23(18-27)8-3-4-9-23;/h5-7,14,19H,3-4,8-13,15-18H2,1-2H3,(H,24,25);1H. The zero-order valence-corrected chi connectivity index (χ0v) is 20.4. The Hall–Kier alpha value is -0.860. The highest BCUT2D eigenvalue weighted by atomic mass is 127. The van der Waals surface area contributed by atoms with Crippen LogP contribution >= 0.6 is 24.0 Å². The van der Waals surface area contributed by atoms with Gasteiger partial charge in [0.1, 0.15) is 0 Å². The maximum atomic E-state index is 5.66. The molecule has 1 N–H and O–H groups in total. The van der Waals surface area contributed by atoms with E-state index in [-0.39, 0.29) is 24.0 Å². The molecule has 1 atom stereocenters. The van der Waals surface area contributed by atoms with Gasteiger partial charge < -0.3 is 15.0 Å². The summed E-state index contributed by atoms with van der Waals surface area (Å²) < 4.78 is 5.66. The van der Waals surface area contributed by atoms with Crippen LogP contribution in [0.5, 0.6) is 0 Å². The zero-order valence-electron chi connectivity index (χ0n) is 18.0. The van der Waals surface area contributed by atoms with Gasteiger partial charge in [0.2, 0.25) is 0 Å². The predicted molar refractivity (Wildman–Crippen MR) is 130 cm³/mol. The molecule has 0 amide bonds. The Balaban J connectivity index is 0.00000240.